The highest BCUT2D eigenvalue weighted by molar-refractivity contribution is 6.33. The molecule has 2 aromatic heterocycles. The monoisotopic (exact) mass is 430 g/mol. The molecule has 5 nitrogen and oxygen atoms in total. The van der Waals surface area contributed by atoms with Gasteiger partial charge in [0.1, 0.15) is 5.82 Å². The Morgan fingerprint density at radius 3 is 2.83 bits per heavy atom. The van der Waals surface area contributed by atoms with E-state index in [4.69, 9.17) is 21.3 Å². The largest absolute Gasteiger partial charge is 0.381 e. The van der Waals surface area contributed by atoms with Crippen LogP contribution in [0.4, 0.5) is 5.82 Å². The van der Waals surface area contributed by atoms with E-state index in [1.807, 2.05) is 18.2 Å². The molecule has 2 N–H and O–H groups in total. The number of rotatable bonds is 7. The van der Waals surface area contributed by atoms with Crippen molar-refractivity contribution in [3.63, 3.8) is 0 Å². The van der Waals surface area contributed by atoms with E-state index in [1.165, 1.54) is 19.3 Å². The lowest BCUT2D eigenvalue weighted by atomic mass is 9.93. The molecule has 164 valence electrons. The average molecular weight is 431 g/mol. The maximum absolute atomic E-state index is 6.48. The van der Waals surface area contributed by atoms with Gasteiger partial charge in [-0.2, -0.15) is 0 Å². The molecule has 0 amide bonds. The van der Waals surface area contributed by atoms with Gasteiger partial charge in [-0.3, -0.25) is 4.98 Å². The van der Waals surface area contributed by atoms with Gasteiger partial charge in [0, 0.05) is 37.2 Å². The fourth-order valence-corrected chi connectivity index (χ4v) is 4.42. The predicted octanol–water partition coefficient (Wildman–Crippen LogP) is 5.20. The van der Waals surface area contributed by atoms with Gasteiger partial charge >= 0.3 is 0 Å². The lowest BCUT2D eigenvalue weighted by Crippen LogP contribution is -2.29. The number of aromatic nitrogens is 2. The minimum absolute atomic E-state index is 0. The van der Waals surface area contributed by atoms with E-state index >= 15 is 0 Å². The summed E-state index contributed by atoms with van der Waals surface area (Å²) in [5.74, 6) is 2.30. The second kappa shape index (κ2) is 11.6. The first-order chi connectivity index (χ1) is 14.3. The number of ether oxygens (including phenoxy) is 1. The molecule has 2 fully saturated rings. The molecule has 2 saturated heterocycles. The normalized spacial score (nSPS) is 19.8. The highest BCUT2D eigenvalue weighted by atomic mass is 35.5. The van der Waals surface area contributed by atoms with E-state index in [-0.39, 0.29) is 7.43 Å². The molecule has 0 aromatic carbocycles. The Bertz CT molecular complexity index is 789. The van der Waals surface area contributed by atoms with Crippen LogP contribution >= 0.6 is 11.6 Å². The molecule has 0 saturated carbocycles. The van der Waals surface area contributed by atoms with E-state index in [9.17, 15) is 0 Å². The third-order valence-electron chi connectivity index (χ3n) is 6.06. The number of aryl methyl sites for hydroxylation is 1. The van der Waals surface area contributed by atoms with Crippen molar-refractivity contribution in [2.75, 3.05) is 38.2 Å². The van der Waals surface area contributed by atoms with Crippen molar-refractivity contribution in [3.8, 4) is 11.3 Å². The van der Waals surface area contributed by atoms with Crippen LogP contribution < -0.4 is 10.6 Å². The Labute approximate surface area is 186 Å². The number of hydrogen-bond donors (Lipinski definition) is 2. The highest BCUT2D eigenvalue weighted by Crippen LogP contribution is 2.28. The minimum Gasteiger partial charge on any atom is -0.381 e. The van der Waals surface area contributed by atoms with E-state index in [1.54, 1.807) is 6.20 Å². The molecule has 6 heteroatoms. The van der Waals surface area contributed by atoms with Gasteiger partial charge in [-0.05, 0) is 81.6 Å². The van der Waals surface area contributed by atoms with Gasteiger partial charge in [-0.15, -0.1) is 0 Å². The van der Waals surface area contributed by atoms with Gasteiger partial charge in [-0.25, -0.2) is 4.98 Å². The van der Waals surface area contributed by atoms with Crippen LogP contribution in [0.3, 0.4) is 0 Å². The maximum atomic E-state index is 6.48. The Kier molecular flexibility index (Phi) is 8.91. The van der Waals surface area contributed by atoms with Crippen LogP contribution in [-0.4, -0.2) is 42.8 Å². The summed E-state index contributed by atoms with van der Waals surface area (Å²) in [6, 6.07) is 8.20. The Balaban J connectivity index is 0.00000256. The molecule has 2 aliphatic rings. The molecular weight excluding hydrogens is 396 g/mol. The average Bonchev–Trinajstić information content (AvgIpc) is 2.79. The Morgan fingerprint density at radius 2 is 2.03 bits per heavy atom. The first kappa shape index (κ1) is 23.0. The maximum Gasteiger partial charge on any atom is 0.126 e. The summed E-state index contributed by atoms with van der Waals surface area (Å²) < 4.78 is 5.44. The summed E-state index contributed by atoms with van der Waals surface area (Å²) in [4.78, 5) is 9.38. The molecule has 0 bridgehead atoms. The van der Waals surface area contributed by atoms with Crippen LogP contribution in [0.2, 0.25) is 5.02 Å². The van der Waals surface area contributed by atoms with Gasteiger partial charge < -0.3 is 15.4 Å². The number of pyridine rings is 2. The summed E-state index contributed by atoms with van der Waals surface area (Å²) in [6.45, 7) is 4.95. The predicted molar refractivity (Wildman–Crippen MR) is 125 cm³/mol. The van der Waals surface area contributed by atoms with Crippen LogP contribution in [0, 0.1) is 11.8 Å². The topological polar surface area (TPSA) is 59.1 Å². The van der Waals surface area contributed by atoms with Crippen molar-refractivity contribution >= 4 is 17.4 Å². The zero-order valence-corrected chi connectivity index (χ0v) is 17.8. The van der Waals surface area contributed by atoms with Crippen molar-refractivity contribution in [2.45, 2.75) is 46.0 Å². The summed E-state index contributed by atoms with van der Waals surface area (Å²) in [5.41, 5.74) is 2.96. The molecule has 0 spiro atoms. The van der Waals surface area contributed by atoms with E-state index in [0.717, 1.165) is 80.8 Å². The fraction of sp³-hybridized carbons (Fsp3) is 0.583. The number of halogens is 1. The number of piperidine rings is 1. The summed E-state index contributed by atoms with van der Waals surface area (Å²) >= 11 is 6.48. The second-order valence-electron chi connectivity index (χ2n) is 8.25. The molecule has 4 heterocycles. The zero-order valence-electron chi connectivity index (χ0n) is 17.0. The summed E-state index contributed by atoms with van der Waals surface area (Å²) in [7, 11) is 0. The number of hydrogen-bond acceptors (Lipinski definition) is 5. The minimum atomic E-state index is 0. The van der Waals surface area contributed by atoms with Crippen LogP contribution in [0.15, 0.2) is 30.5 Å². The fourth-order valence-electron chi connectivity index (χ4n) is 4.22. The lowest BCUT2D eigenvalue weighted by molar-refractivity contribution is 0.0699. The number of anilines is 1. The summed E-state index contributed by atoms with van der Waals surface area (Å²) in [5, 5.41) is 7.64. The zero-order chi connectivity index (χ0) is 19.9. The first-order valence-electron chi connectivity index (χ1n) is 10.9. The number of nitrogens with zero attached hydrogens (tertiary/aromatic N) is 2. The van der Waals surface area contributed by atoms with Crippen LogP contribution in [0.5, 0.6) is 0 Å². The molecule has 0 unspecified atom stereocenters. The van der Waals surface area contributed by atoms with Crippen molar-refractivity contribution in [1.29, 1.82) is 0 Å². The highest BCUT2D eigenvalue weighted by Gasteiger charge is 2.15. The first-order valence-corrected chi connectivity index (χ1v) is 11.3. The van der Waals surface area contributed by atoms with Crippen molar-refractivity contribution < 1.29 is 4.74 Å². The van der Waals surface area contributed by atoms with Gasteiger partial charge in [0.2, 0.25) is 0 Å². The van der Waals surface area contributed by atoms with E-state index in [0.29, 0.717) is 10.9 Å². The van der Waals surface area contributed by atoms with E-state index < -0.39 is 0 Å². The molecule has 0 radical (unpaired) electrons. The van der Waals surface area contributed by atoms with Crippen LogP contribution in [0.25, 0.3) is 11.3 Å². The standard InChI is InChI=1S/C23H31ClN4O.CH4/c24-21-16-26-19(7-6-17-3-2-10-25-14-17)13-20(21)22-4-1-5-23(28-22)27-15-18-8-11-29-12-9-18;/h1,4-5,13,16-18,25H,2-3,6-12,14-15H2,(H,27,28);1H4/t17-;/m0./s1. The van der Waals surface area contributed by atoms with Crippen molar-refractivity contribution in [1.82, 2.24) is 15.3 Å². The quantitative estimate of drug-likeness (QED) is 0.631. The molecule has 4 rings (SSSR count). The van der Waals surface area contributed by atoms with Gasteiger partial charge in [-0.1, -0.05) is 25.1 Å². The third-order valence-corrected chi connectivity index (χ3v) is 6.36. The number of nitrogens with one attached hydrogen (secondary N) is 2. The van der Waals surface area contributed by atoms with Gasteiger partial charge in [0.15, 0.2) is 0 Å². The SMILES string of the molecule is C.Clc1cnc(CC[C@@H]2CCCNC2)cc1-c1cccc(NCC2CCOCC2)n1. The smallest absolute Gasteiger partial charge is 0.126 e. The second-order valence-corrected chi connectivity index (χ2v) is 8.66. The van der Waals surface area contributed by atoms with Crippen molar-refractivity contribution in [3.05, 3.63) is 41.2 Å². The van der Waals surface area contributed by atoms with Crippen LogP contribution in [-0.2, 0) is 11.2 Å². The Hall–Kier alpha value is -1.69. The molecule has 2 aliphatic heterocycles. The third kappa shape index (κ3) is 6.40. The Morgan fingerprint density at radius 1 is 1.17 bits per heavy atom. The molecule has 2 aromatic rings. The van der Waals surface area contributed by atoms with Crippen molar-refractivity contribution in [2.24, 2.45) is 11.8 Å². The van der Waals surface area contributed by atoms with Crippen LogP contribution in [0.1, 0.15) is 45.2 Å². The lowest BCUT2D eigenvalue weighted by Gasteiger charge is -2.22. The molecule has 0 aliphatic carbocycles. The van der Waals surface area contributed by atoms with E-state index in [2.05, 4.69) is 21.7 Å². The molecule has 30 heavy (non-hydrogen) atoms. The van der Waals surface area contributed by atoms with Gasteiger partial charge in [0.25, 0.3) is 0 Å². The summed E-state index contributed by atoms with van der Waals surface area (Å²) in [6.07, 6.45) is 8.75. The van der Waals surface area contributed by atoms with Gasteiger partial charge in [0.05, 0.1) is 10.7 Å². The molecular formula is C24H35ClN4O. The molecule has 1 atom stereocenters.